The number of benzene rings is 1. The van der Waals surface area contributed by atoms with Crippen LogP contribution in [-0.4, -0.2) is 25.9 Å². The predicted octanol–water partition coefficient (Wildman–Crippen LogP) is 2.71. The Balaban J connectivity index is 1.87. The highest BCUT2D eigenvalue weighted by Gasteiger charge is 2.37. The summed E-state index contributed by atoms with van der Waals surface area (Å²) in [6.07, 6.45) is 0. The second-order valence-electron chi connectivity index (χ2n) is 5.25. The highest BCUT2D eigenvalue weighted by Crippen LogP contribution is 2.50. The van der Waals surface area contributed by atoms with Crippen LogP contribution in [0.3, 0.4) is 0 Å². The van der Waals surface area contributed by atoms with Gasteiger partial charge in [0.05, 0.1) is 4.88 Å². The van der Waals surface area contributed by atoms with Crippen LogP contribution in [-0.2, 0) is 4.57 Å². The van der Waals surface area contributed by atoms with Gasteiger partial charge in [-0.15, -0.1) is 21.5 Å². The predicted molar refractivity (Wildman–Crippen MR) is 91.0 cm³/mol. The van der Waals surface area contributed by atoms with Gasteiger partial charge in [0.1, 0.15) is 0 Å². The van der Waals surface area contributed by atoms with E-state index in [1.54, 1.807) is 41.8 Å². The molecule has 25 heavy (non-hydrogen) atoms. The maximum atomic E-state index is 12.3. The monoisotopic (exact) mass is 379 g/mol. The van der Waals surface area contributed by atoms with Gasteiger partial charge in [0.2, 0.25) is 5.78 Å². The summed E-state index contributed by atoms with van der Waals surface area (Å²) >= 11 is 1.34. The number of nitrogens with zero attached hydrogens (tertiary/aromatic N) is 2. The van der Waals surface area contributed by atoms with Crippen LogP contribution in [0.2, 0.25) is 0 Å². The molecule has 1 unspecified atom stereocenters. The fourth-order valence-electron chi connectivity index (χ4n) is 2.05. The Kier molecular flexibility index (Phi) is 4.82. The summed E-state index contributed by atoms with van der Waals surface area (Å²) < 4.78 is 17.2. The second-order valence-corrected chi connectivity index (χ2v) is 7.90. The molecular weight excluding hydrogens is 365 g/mol. The third-order valence-corrected chi connectivity index (χ3v) is 5.20. The van der Waals surface area contributed by atoms with E-state index in [9.17, 15) is 19.1 Å². The first-order valence-corrected chi connectivity index (χ1v) is 9.71. The normalized spacial score (nSPS) is 12.8. The van der Waals surface area contributed by atoms with Crippen LogP contribution in [0.1, 0.15) is 27.6 Å². The van der Waals surface area contributed by atoms with Crippen molar-refractivity contribution in [1.82, 2.24) is 15.5 Å². The molecule has 0 aliphatic heterocycles. The molecule has 10 heteroatoms. The number of carbonyl (C=O) groups is 1. The molecule has 0 saturated heterocycles. The number of aromatic nitrogens is 2. The Hall–Kier alpha value is -2.32. The van der Waals surface area contributed by atoms with Crippen molar-refractivity contribution in [2.75, 3.05) is 0 Å². The Morgan fingerprint density at radius 2 is 1.96 bits per heavy atom. The SMILES string of the molecule is Cc1ccc(C(=O)NC(c2nnc(-c3cccs3)o2)P(=O)(O)O)cc1. The zero-order chi connectivity index (χ0) is 18.0. The van der Waals surface area contributed by atoms with Gasteiger partial charge in [0.25, 0.3) is 17.7 Å². The molecule has 0 bridgehead atoms. The number of aryl methyl sites for hydroxylation is 1. The summed E-state index contributed by atoms with van der Waals surface area (Å²) in [5.41, 5.74) is 1.22. The maximum Gasteiger partial charge on any atom is 0.357 e. The first kappa shape index (κ1) is 17.5. The first-order valence-electron chi connectivity index (χ1n) is 7.14. The van der Waals surface area contributed by atoms with Gasteiger partial charge in [-0.25, -0.2) is 0 Å². The van der Waals surface area contributed by atoms with Crippen LogP contribution in [0.25, 0.3) is 10.8 Å². The van der Waals surface area contributed by atoms with Crippen LogP contribution in [0.5, 0.6) is 0 Å². The molecule has 2 aromatic heterocycles. The smallest absolute Gasteiger partial charge is 0.357 e. The van der Waals surface area contributed by atoms with E-state index in [0.717, 1.165) is 5.56 Å². The summed E-state index contributed by atoms with van der Waals surface area (Å²) in [6, 6.07) is 10.1. The fourth-order valence-corrected chi connectivity index (χ4v) is 3.37. The highest BCUT2D eigenvalue weighted by atomic mass is 32.1. The van der Waals surface area contributed by atoms with Crippen molar-refractivity contribution >= 4 is 24.8 Å². The van der Waals surface area contributed by atoms with Crippen molar-refractivity contribution in [2.45, 2.75) is 12.7 Å². The topological polar surface area (TPSA) is 126 Å². The summed E-state index contributed by atoms with van der Waals surface area (Å²) in [5, 5.41) is 11.5. The molecule has 3 rings (SSSR count). The zero-order valence-electron chi connectivity index (χ0n) is 13.0. The lowest BCUT2D eigenvalue weighted by atomic mass is 10.1. The van der Waals surface area contributed by atoms with Crippen molar-refractivity contribution < 1.29 is 23.6 Å². The molecule has 130 valence electrons. The minimum Gasteiger partial charge on any atom is -0.417 e. The van der Waals surface area contributed by atoms with E-state index in [2.05, 4.69) is 15.5 Å². The van der Waals surface area contributed by atoms with Crippen molar-refractivity contribution in [2.24, 2.45) is 0 Å². The number of carbonyl (C=O) groups excluding carboxylic acids is 1. The average molecular weight is 379 g/mol. The Morgan fingerprint density at radius 3 is 2.56 bits per heavy atom. The van der Waals surface area contributed by atoms with Crippen molar-refractivity contribution in [3.8, 4) is 10.8 Å². The van der Waals surface area contributed by atoms with Crippen LogP contribution in [0, 0.1) is 6.92 Å². The minimum atomic E-state index is -4.77. The Morgan fingerprint density at radius 1 is 1.24 bits per heavy atom. The van der Waals surface area contributed by atoms with Gasteiger partial charge in [-0.1, -0.05) is 23.8 Å². The second kappa shape index (κ2) is 6.89. The summed E-state index contributed by atoms with van der Waals surface area (Å²) in [6.45, 7) is 1.87. The molecule has 0 saturated carbocycles. The van der Waals surface area contributed by atoms with E-state index in [-0.39, 0.29) is 17.3 Å². The third kappa shape index (κ3) is 4.02. The molecular formula is C15H14N3O5PS. The van der Waals surface area contributed by atoms with Crippen molar-refractivity contribution in [1.29, 1.82) is 0 Å². The van der Waals surface area contributed by atoms with Crippen molar-refractivity contribution in [3.05, 3.63) is 58.8 Å². The lowest BCUT2D eigenvalue weighted by molar-refractivity contribution is 0.0938. The molecule has 0 radical (unpaired) electrons. The number of hydrogen-bond acceptors (Lipinski definition) is 6. The van der Waals surface area contributed by atoms with E-state index in [1.807, 2.05) is 6.92 Å². The standard InChI is InChI=1S/C15H14N3O5PS/c1-9-4-6-10(7-5-9)12(19)16-15(24(20,21)22)14-18-17-13(23-14)11-3-2-8-25-11/h2-8,15H,1H3,(H,16,19)(H2,20,21,22). The molecule has 3 aromatic rings. The number of hydrogen-bond donors (Lipinski definition) is 3. The fraction of sp³-hybridized carbons (Fsp3) is 0.133. The van der Waals surface area contributed by atoms with E-state index in [0.29, 0.717) is 4.88 Å². The Bertz CT molecular complexity index is 917. The van der Waals surface area contributed by atoms with Crippen molar-refractivity contribution in [3.63, 3.8) is 0 Å². The van der Waals surface area contributed by atoms with E-state index < -0.39 is 19.3 Å². The van der Waals surface area contributed by atoms with Crippen LogP contribution in [0.4, 0.5) is 0 Å². The molecule has 2 heterocycles. The molecule has 1 aromatic carbocycles. The van der Waals surface area contributed by atoms with Gasteiger partial charge in [0.15, 0.2) is 0 Å². The van der Waals surface area contributed by atoms with Gasteiger partial charge in [-0.3, -0.25) is 9.36 Å². The van der Waals surface area contributed by atoms with Crippen LogP contribution >= 0.6 is 18.9 Å². The van der Waals surface area contributed by atoms with E-state index in [4.69, 9.17) is 4.42 Å². The summed E-state index contributed by atoms with van der Waals surface area (Å²) in [7, 11) is -4.77. The maximum absolute atomic E-state index is 12.3. The molecule has 8 nitrogen and oxygen atoms in total. The van der Waals surface area contributed by atoms with E-state index >= 15 is 0 Å². The number of thiophene rings is 1. The number of rotatable bonds is 5. The van der Waals surface area contributed by atoms with E-state index in [1.165, 1.54) is 11.3 Å². The van der Waals surface area contributed by atoms with Crippen LogP contribution < -0.4 is 5.32 Å². The molecule has 1 atom stereocenters. The van der Waals surface area contributed by atoms with Gasteiger partial charge in [0, 0.05) is 5.56 Å². The van der Waals surface area contributed by atoms with Gasteiger partial charge in [-0.05, 0) is 30.5 Å². The average Bonchev–Trinajstić information content (AvgIpc) is 3.23. The number of amides is 1. The number of nitrogens with one attached hydrogen (secondary N) is 1. The van der Waals surface area contributed by atoms with Gasteiger partial charge < -0.3 is 19.5 Å². The quantitative estimate of drug-likeness (QED) is 0.582. The van der Waals surface area contributed by atoms with Crippen LogP contribution in [0.15, 0.2) is 46.2 Å². The lowest BCUT2D eigenvalue weighted by Crippen LogP contribution is -2.28. The highest BCUT2D eigenvalue weighted by molar-refractivity contribution is 7.52. The van der Waals surface area contributed by atoms with Gasteiger partial charge in [-0.2, -0.15) is 0 Å². The third-order valence-electron chi connectivity index (χ3n) is 3.32. The van der Waals surface area contributed by atoms with Gasteiger partial charge >= 0.3 is 7.60 Å². The first-order chi connectivity index (χ1) is 11.8. The Labute approximate surface area is 146 Å². The summed E-state index contributed by atoms with van der Waals surface area (Å²) in [4.78, 5) is 32.1. The molecule has 0 fully saturated rings. The lowest BCUT2D eigenvalue weighted by Gasteiger charge is -2.16. The summed E-state index contributed by atoms with van der Waals surface area (Å²) in [5.74, 6) is -2.59. The molecule has 0 aliphatic carbocycles. The molecule has 3 N–H and O–H groups in total. The largest absolute Gasteiger partial charge is 0.417 e. The zero-order valence-corrected chi connectivity index (χ0v) is 14.7. The molecule has 1 amide bonds. The minimum absolute atomic E-state index is 0.132. The molecule has 0 aliphatic rings. The molecule has 0 spiro atoms.